The fourth-order valence-corrected chi connectivity index (χ4v) is 2.33. The van der Waals surface area contributed by atoms with Gasteiger partial charge in [-0.3, -0.25) is 0 Å². The van der Waals surface area contributed by atoms with Crippen LogP contribution in [-0.4, -0.2) is 30.6 Å². The molecule has 0 radical (unpaired) electrons. The molecule has 134 valence electrons. The lowest BCUT2D eigenvalue weighted by atomic mass is 9.95. The van der Waals surface area contributed by atoms with Crippen molar-refractivity contribution in [3.63, 3.8) is 0 Å². The molecule has 0 atom stereocenters. The maximum absolute atomic E-state index is 13.3. The third kappa shape index (κ3) is 4.24. The smallest absolute Gasteiger partial charge is 0.434 e. The van der Waals surface area contributed by atoms with Crippen molar-refractivity contribution in [1.82, 2.24) is 4.98 Å². The van der Waals surface area contributed by atoms with Crippen LogP contribution in [0.3, 0.4) is 0 Å². The number of esters is 2. The van der Waals surface area contributed by atoms with Crippen LogP contribution >= 0.6 is 0 Å². The SMILES string of the molecule is CCOC(=O)c1c(CC(C)C)nc(C(F)(F)F)c(C(=O)OC)c1C. The molecule has 0 fully saturated rings. The van der Waals surface area contributed by atoms with Crippen molar-refractivity contribution in [2.45, 2.75) is 40.3 Å². The van der Waals surface area contributed by atoms with Crippen molar-refractivity contribution in [2.24, 2.45) is 5.92 Å². The Kier molecular flexibility index (Phi) is 6.34. The molecule has 0 saturated carbocycles. The number of rotatable bonds is 5. The Hall–Kier alpha value is -2.12. The molecule has 1 heterocycles. The van der Waals surface area contributed by atoms with Crippen molar-refractivity contribution < 1.29 is 32.2 Å². The third-order valence-electron chi connectivity index (χ3n) is 3.26. The van der Waals surface area contributed by atoms with E-state index in [2.05, 4.69) is 9.72 Å². The zero-order valence-corrected chi connectivity index (χ0v) is 14.2. The van der Waals surface area contributed by atoms with Gasteiger partial charge in [0.05, 0.1) is 30.5 Å². The Bertz CT molecular complexity index is 639. The van der Waals surface area contributed by atoms with Crippen LogP contribution in [0.4, 0.5) is 13.2 Å². The van der Waals surface area contributed by atoms with E-state index in [1.165, 1.54) is 6.92 Å². The number of aromatic nitrogens is 1. The lowest BCUT2D eigenvalue weighted by Crippen LogP contribution is -2.24. The van der Waals surface area contributed by atoms with E-state index in [9.17, 15) is 22.8 Å². The number of pyridine rings is 1. The minimum atomic E-state index is -4.85. The van der Waals surface area contributed by atoms with Crippen LogP contribution < -0.4 is 0 Å². The molecule has 0 aliphatic carbocycles. The highest BCUT2D eigenvalue weighted by molar-refractivity contribution is 5.99. The van der Waals surface area contributed by atoms with Crippen molar-refractivity contribution in [3.05, 3.63) is 28.1 Å². The number of hydrogen-bond donors (Lipinski definition) is 0. The van der Waals surface area contributed by atoms with Crippen molar-refractivity contribution in [2.75, 3.05) is 13.7 Å². The quantitative estimate of drug-likeness (QED) is 0.762. The minimum Gasteiger partial charge on any atom is -0.465 e. The molecule has 1 rings (SSSR count). The predicted molar refractivity (Wildman–Crippen MR) is 79.8 cm³/mol. The van der Waals surface area contributed by atoms with Crippen molar-refractivity contribution >= 4 is 11.9 Å². The molecule has 0 spiro atoms. The zero-order chi connectivity index (χ0) is 18.7. The molecule has 8 heteroatoms. The second-order valence-corrected chi connectivity index (χ2v) is 5.59. The monoisotopic (exact) mass is 347 g/mol. The normalized spacial score (nSPS) is 11.5. The first-order valence-electron chi connectivity index (χ1n) is 7.40. The van der Waals surface area contributed by atoms with E-state index in [1.54, 1.807) is 20.8 Å². The third-order valence-corrected chi connectivity index (χ3v) is 3.26. The number of carbonyl (C=O) groups excluding carboxylic acids is 2. The summed E-state index contributed by atoms with van der Waals surface area (Å²) in [6.45, 7) is 6.46. The Balaban J connectivity index is 3.79. The van der Waals surface area contributed by atoms with E-state index in [0.717, 1.165) is 7.11 Å². The number of halogens is 3. The van der Waals surface area contributed by atoms with Gasteiger partial charge < -0.3 is 9.47 Å². The minimum absolute atomic E-state index is 0.0408. The first-order chi connectivity index (χ1) is 11.0. The van der Waals surface area contributed by atoms with Crippen LogP contribution in [0.2, 0.25) is 0 Å². The topological polar surface area (TPSA) is 65.5 Å². The number of methoxy groups -OCH3 is 1. The van der Waals surface area contributed by atoms with Gasteiger partial charge in [-0.1, -0.05) is 13.8 Å². The summed E-state index contributed by atoms with van der Waals surface area (Å²) in [4.78, 5) is 27.6. The average molecular weight is 347 g/mol. The van der Waals surface area contributed by atoms with Crippen LogP contribution in [0.15, 0.2) is 0 Å². The van der Waals surface area contributed by atoms with E-state index in [1.807, 2.05) is 0 Å². The number of carbonyl (C=O) groups is 2. The Morgan fingerprint density at radius 3 is 2.17 bits per heavy atom. The molecule has 24 heavy (non-hydrogen) atoms. The van der Waals surface area contributed by atoms with Gasteiger partial charge in [0.2, 0.25) is 0 Å². The van der Waals surface area contributed by atoms with Gasteiger partial charge in [-0.2, -0.15) is 13.2 Å². The van der Waals surface area contributed by atoms with Gasteiger partial charge in [-0.15, -0.1) is 0 Å². The number of ether oxygens (including phenoxy) is 2. The molecule has 0 aliphatic heterocycles. The number of nitrogens with zero attached hydrogens (tertiary/aromatic N) is 1. The van der Waals surface area contributed by atoms with Gasteiger partial charge in [0.1, 0.15) is 0 Å². The van der Waals surface area contributed by atoms with E-state index < -0.39 is 29.4 Å². The standard InChI is InChI=1S/C16H20F3NO4/c1-6-24-15(22)11-9(4)12(14(21)23-5)13(16(17,18)19)20-10(11)7-8(2)3/h8H,6-7H2,1-5H3. The van der Waals surface area contributed by atoms with E-state index >= 15 is 0 Å². The average Bonchev–Trinajstić information content (AvgIpc) is 2.44. The van der Waals surface area contributed by atoms with Gasteiger partial charge in [0, 0.05) is 0 Å². The maximum atomic E-state index is 13.3. The Morgan fingerprint density at radius 2 is 1.75 bits per heavy atom. The molecular weight excluding hydrogens is 327 g/mol. The summed E-state index contributed by atoms with van der Waals surface area (Å²) < 4.78 is 49.4. The summed E-state index contributed by atoms with van der Waals surface area (Å²) in [6.07, 6.45) is -4.72. The van der Waals surface area contributed by atoms with Crippen molar-refractivity contribution in [1.29, 1.82) is 0 Å². The highest BCUT2D eigenvalue weighted by atomic mass is 19.4. The predicted octanol–water partition coefficient (Wildman–Crippen LogP) is 3.57. The molecule has 0 amide bonds. The lowest BCUT2D eigenvalue weighted by Gasteiger charge is -2.19. The summed E-state index contributed by atoms with van der Waals surface area (Å²) >= 11 is 0. The fraction of sp³-hybridized carbons (Fsp3) is 0.562. The molecule has 0 unspecified atom stereocenters. The fourth-order valence-electron chi connectivity index (χ4n) is 2.33. The number of alkyl halides is 3. The second kappa shape index (κ2) is 7.63. The van der Waals surface area contributed by atoms with Gasteiger partial charge in [0.15, 0.2) is 5.69 Å². The van der Waals surface area contributed by atoms with Gasteiger partial charge in [-0.05, 0) is 31.7 Å². The molecule has 0 saturated heterocycles. The van der Waals surface area contributed by atoms with Crippen LogP contribution in [0, 0.1) is 12.8 Å². The Morgan fingerprint density at radius 1 is 1.17 bits per heavy atom. The van der Waals surface area contributed by atoms with E-state index in [4.69, 9.17) is 4.74 Å². The zero-order valence-electron chi connectivity index (χ0n) is 14.2. The number of hydrogen-bond acceptors (Lipinski definition) is 5. The molecule has 0 N–H and O–H groups in total. The van der Waals surface area contributed by atoms with E-state index in [0.29, 0.717) is 0 Å². The molecule has 0 aromatic carbocycles. The van der Waals surface area contributed by atoms with Gasteiger partial charge >= 0.3 is 18.1 Å². The molecule has 0 bridgehead atoms. The first-order valence-corrected chi connectivity index (χ1v) is 7.40. The summed E-state index contributed by atoms with van der Waals surface area (Å²) in [5.41, 5.74) is -2.41. The molecule has 0 aliphatic rings. The summed E-state index contributed by atoms with van der Waals surface area (Å²) in [5, 5.41) is 0. The van der Waals surface area contributed by atoms with Crippen LogP contribution in [0.5, 0.6) is 0 Å². The lowest BCUT2D eigenvalue weighted by molar-refractivity contribution is -0.141. The molecule has 1 aromatic heterocycles. The second-order valence-electron chi connectivity index (χ2n) is 5.59. The molecule has 5 nitrogen and oxygen atoms in total. The van der Waals surface area contributed by atoms with Crippen molar-refractivity contribution in [3.8, 4) is 0 Å². The highest BCUT2D eigenvalue weighted by Crippen LogP contribution is 2.35. The van der Waals surface area contributed by atoms with Gasteiger partial charge in [0.25, 0.3) is 0 Å². The molecular formula is C16H20F3NO4. The van der Waals surface area contributed by atoms with Gasteiger partial charge in [-0.25, -0.2) is 14.6 Å². The van der Waals surface area contributed by atoms with E-state index in [-0.39, 0.29) is 35.8 Å². The first kappa shape index (κ1) is 19.9. The summed E-state index contributed by atoms with van der Waals surface area (Å²) in [5.74, 6) is -2.05. The highest BCUT2D eigenvalue weighted by Gasteiger charge is 2.41. The van der Waals surface area contributed by atoms with Crippen LogP contribution in [-0.2, 0) is 22.1 Å². The van der Waals surface area contributed by atoms with Crippen LogP contribution in [0.1, 0.15) is 58.4 Å². The Labute approximate surface area is 138 Å². The van der Waals surface area contributed by atoms with Crippen LogP contribution in [0.25, 0.3) is 0 Å². The molecule has 1 aromatic rings. The summed E-state index contributed by atoms with van der Waals surface area (Å²) in [7, 11) is 0.966. The maximum Gasteiger partial charge on any atom is 0.434 e. The largest absolute Gasteiger partial charge is 0.465 e. The summed E-state index contributed by atoms with van der Waals surface area (Å²) in [6, 6.07) is 0.